The van der Waals surface area contributed by atoms with Gasteiger partial charge in [-0.25, -0.2) is 0 Å². The van der Waals surface area contributed by atoms with Crippen LogP contribution in [0.2, 0.25) is 0 Å². The molecule has 0 aliphatic carbocycles. The molecule has 1 aliphatic rings. The summed E-state index contributed by atoms with van der Waals surface area (Å²) >= 11 is 0. The average Bonchev–Trinajstić information content (AvgIpc) is 2.16. The minimum atomic E-state index is -4.00. The van der Waals surface area contributed by atoms with Crippen LogP contribution >= 0.6 is 0 Å². The maximum atomic E-state index is 12.0. The molecule has 15 heavy (non-hydrogen) atoms. The Morgan fingerprint density at radius 1 is 1.40 bits per heavy atom. The molecule has 1 unspecified atom stereocenters. The molecular formula is C10H19F3N2. The van der Waals surface area contributed by atoms with Gasteiger partial charge in [0.15, 0.2) is 0 Å². The molecule has 1 rings (SSSR count). The Morgan fingerprint density at radius 2 is 2.13 bits per heavy atom. The van der Waals surface area contributed by atoms with E-state index in [0.29, 0.717) is 12.6 Å². The second-order valence-electron chi connectivity index (χ2n) is 4.02. The van der Waals surface area contributed by atoms with Gasteiger partial charge in [-0.05, 0) is 19.4 Å². The van der Waals surface area contributed by atoms with E-state index >= 15 is 0 Å². The first-order valence-electron chi connectivity index (χ1n) is 5.54. The number of hydrogen-bond acceptors (Lipinski definition) is 2. The van der Waals surface area contributed by atoms with Gasteiger partial charge in [0.2, 0.25) is 0 Å². The van der Waals surface area contributed by atoms with Crippen LogP contribution < -0.4 is 5.32 Å². The van der Waals surface area contributed by atoms with E-state index in [-0.39, 0.29) is 6.42 Å². The summed E-state index contributed by atoms with van der Waals surface area (Å²) in [6, 6.07) is 0.409. The van der Waals surface area contributed by atoms with Gasteiger partial charge in [0, 0.05) is 32.1 Å². The van der Waals surface area contributed by atoms with Crippen molar-refractivity contribution in [3.8, 4) is 0 Å². The molecule has 0 aromatic rings. The summed E-state index contributed by atoms with van der Waals surface area (Å²) in [7, 11) is 0. The first-order chi connectivity index (χ1) is 7.03. The van der Waals surface area contributed by atoms with E-state index in [0.717, 1.165) is 26.1 Å². The summed E-state index contributed by atoms with van der Waals surface area (Å²) in [5.41, 5.74) is 0. The van der Waals surface area contributed by atoms with Crippen LogP contribution in [0.1, 0.15) is 26.2 Å². The highest BCUT2D eigenvalue weighted by atomic mass is 19.4. The van der Waals surface area contributed by atoms with Crippen LogP contribution in [0.4, 0.5) is 13.2 Å². The van der Waals surface area contributed by atoms with Crippen molar-refractivity contribution in [2.75, 3.05) is 26.2 Å². The van der Waals surface area contributed by atoms with Gasteiger partial charge in [-0.15, -0.1) is 0 Å². The fraction of sp³-hybridized carbons (Fsp3) is 1.00. The lowest BCUT2D eigenvalue weighted by Gasteiger charge is -2.35. The Balaban J connectivity index is 2.23. The lowest BCUT2D eigenvalue weighted by atomic mass is 10.1. The highest BCUT2D eigenvalue weighted by Gasteiger charge is 2.27. The molecule has 5 heteroatoms. The predicted molar refractivity (Wildman–Crippen MR) is 53.8 cm³/mol. The van der Waals surface area contributed by atoms with E-state index in [1.54, 1.807) is 0 Å². The second-order valence-corrected chi connectivity index (χ2v) is 4.02. The number of rotatable bonds is 4. The van der Waals surface area contributed by atoms with E-state index in [1.165, 1.54) is 0 Å². The molecule has 0 spiro atoms. The van der Waals surface area contributed by atoms with Crippen molar-refractivity contribution in [1.82, 2.24) is 10.2 Å². The van der Waals surface area contributed by atoms with Crippen molar-refractivity contribution in [3.63, 3.8) is 0 Å². The van der Waals surface area contributed by atoms with Gasteiger partial charge in [0.1, 0.15) is 0 Å². The molecule has 2 nitrogen and oxygen atoms in total. The highest BCUT2D eigenvalue weighted by molar-refractivity contribution is 4.78. The van der Waals surface area contributed by atoms with E-state index < -0.39 is 12.6 Å². The van der Waals surface area contributed by atoms with Crippen LogP contribution in [0.15, 0.2) is 0 Å². The van der Waals surface area contributed by atoms with Crippen LogP contribution in [-0.4, -0.2) is 43.3 Å². The Kier molecular flexibility index (Phi) is 4.86. The quantitative estimate of drug-likeness (QED) is 0.786. The lowest BCUT2D eigenvalue weighted by molar-refractivity contribution is -0.136. The van der Waals surface area contributed by atoms with Gasteiger partial charge in [-0.1, -0.05) is 6.92 Å². The Bertz CT molecular complexity index is 182. The Labute approximate surface area is 88.8 Å². The molecule has 0 aromatic carbocycles. The minimum Gasteiger partial charge on any atom is -0.314 e. The van der Waals surface area contributed by atoms with Crippen molar-refractivity contribution in [2.24, 2.45) is 0 Å². The van der Waals surface area contributed by atoms with Crippen LogP contribution in [0.5, 0.6) is 0 Å². The van der Waals surface area contributed by atoms with Crippen LogP contribution in [0.3, 0.4) is 0 Å². The SMILES string of the molecule is CCC1CNCCN1CCCC(F)(F)F. The van der Waals surface area contributed by atoms with E-state index in [2.05, 4.69) is 17.1 Å². The molecule has 0 aromatic heterocycles. The third-order valence-electron chi connectivity index (χ3n) is 2.85. The van der Waals surface area contributed by atoms with Crippen LogP contribution in [0.25, 0.3) is 0 Å². The average molecular weight is 224 g/mol. The molecule has 0 bridgehead atoms. The van der Waals surface area contributed by atoms with Gasteiger partial charge < -0.3 is 5.32 Å². The van der Waals surface area contributed by atoms with Crippen molar-refractivity contribution >= 4 is 0 Å². The third-order valence-corrected chi connectivity index (χ3v) is 2.85. The molecule has 90 valence electrons. The molecule has 1 fully saturated rings. The number of piperazine rings is 1. The number of hydrogen-bond donors (Lipinski definition) is 1. The molecule has 1 aliphatic heterocycles. The molecule has 0 amide bonds. The van der Waals surface area contributed by atoms with Crippen molar-refractivity contribution < 1.29 is 13.2 Å². The molecule has 1 heterocycles. The van der Waals surface area contributed by atoms with Crippen molar-refractivity contribution in [1.29, 1.82) is 0 Å². The smallest absolute Gasteiger partial charge is 0.314 e. The molecular weight excluding hydrogens is 205 g/mol. The van der Waals surface area contributed by atoms with Gasteiger partial charge >= 0.3 is 6.18 Å². The normalized spacial score (nSPS) is 24.4. The predicted octanol–water partition coefficient (Wildman–Crippen LogP) is 2.01. The molecule has 0 saturated carbocycles. The maximum Gasteiger partial charge on any atom is 0.389 e. The molecule has 1 N–H and O–H groups in total. The number of alkyl halides is 3. The summed E-state index contributed by atoms with van der Waals surface area (Å²) in [5, 5.41) is 3.26. The lowest BCUT2D eigenvalue weighted by Crippen LogP contribution is -2.51. The fourth-order valence-corrected chi connectivity index (χ4v) is 1.98. The first kappa shape index (κ1) is 12.8. The van der Waals surface area contributed by atoms with Gasteiger partial charge in [-0.3, -0.25) is 4.90 Å². The maximum absolute atomic E-state index is 12.0. The van der Waals surface area contributed by atoms with E-state index in [1.807, 2.05) is 0 Å². The Hall–Kier alpha value is -0.290. The summed E-state index contributed by atoms with van der Waals surface area (Å²) in [4.78, 5) is 2.17. The van der Waals surface area contributed by atoms with Crippen LogP contribution in [0, 0.1) is 0 Å². The zero-order valence-electron chi connectivity index (χ0n) is 9.11. The second kappa shape index (κ2) is 5.70. The van der Waals surface area contributed by atoms with E-state index in [9.17, 15) is 13.2 Å². The monoisotopic (exact) mass is 224 g/mol. The summed E-state index contributed by atoms with van der Waals surface area (Å²) in [5.74, 6) is 0. The topological polar surface area (TPSA) is 15.3 Å². The molecule has 1 saturated heterocycles. The number of nitrogens with one attached hydrogen (secondary N) is 1. The van der Waals surface area contributed by atoms with E-state index in [4.69, 9.17) is 0 Å². The summed E-state index contributed by atoms with van der Waals surface area (Å²) < 4.78 is 35.9. The third kappa shape index (κ3) is 4.84. The largest absolute Gasteiger partial charge is 0.389 e. The first-order valence-corrected chi connectivity index (χ1v) is 5.54. The zero-order chi connectivity index (χ0) is 11.3. The zero-order valence-corrected chi connectivity index (χ0v) is 9.11. The fourth-order valence-electron chi connectivity index (χ4n) is 1.98. The standard InChI is InChI=1S/C10H19F3N2/c1-2-9-8-14-5-7-15(9)6-3-4-10(11,12)13/h9,14H,2-8H2,1H3. The molecule has 1 atom stereocenters. The number of halogens is 3. The van der Waals surface area contributed by atoms with Crippen molar-refractivity contribution in [3.05, 3.63) is 0 Å². The number of nitrogens with zero attached hydrogens (tertiary/aromatic N) is 1. The van der Waals surface area contributed by atoms with Crippen LogP contribution in [-0.2, 0) is 0 Å². The Morgan fingerprint density at radius 3 is 2.73 bits per heavy atom. The summed E-state index contributed by atoms with van der Waals surface area (Å²) in [6.07, 6.45) is -3.44. The highest BCUT2D eigenvalue weighted by Crippen LogP contribution is 2.22. The van der Waals surface area contributed by atoms with Gasteiger partial charge in [0.25, 0.3) is 0 Å². The molecule has 0 radical (unpaired) electrons. The summed E-state index contributed by atoms with van der Waals surface area (Å²) in [6.45, 7) is 5.32. The van der Waals surface area contributed by atoms with Crippen molar-refractivity contribution in [2.45, 2.75) is 38.4 Å². The minimum absolute atomic E-state index is 0.222. The van der Waals surface area contributed by atoms with Gasteiger partial charge in [-0.2, -0.15) is 13.2 Å². The van der Waals surface area contributed by atoms with Gasteiger partial charge in [0.05, 0.1) is 0 Å².